The van der Waals surface area contributed by atoms with E-state index >= 15 is 0 Å². The maximum atomic E-state index is 14.9. The molecule has 1 N–H and O–H groups in total. The lowest BCUT2D eigenvalue weighted by Gasteiger charge is -2.11. The number of nitrogens with zero attached hydrogens (tertiary/aromatic N) is 1. The Balaban J connectivity index is 1.97. The van der Waals surface area contributed by atoms with Crippen LogP contribution in [-0.2, 0) is 17.3 Å². The van der Waals surface area contributed by atoms with E-state index < -0.39 is 39.7 Å². The molecule has 0 aliphatic carbocycles. The molecule has 0 bridgehead atoms. The second-order valence-electron chi connectivity index (χ2n) is 6.40. The van der Waals surface area contributed by atoms with Crippen LogP contribution in [0.25, 0.3) is 10.9 Å². The molecule has 158 valence electrons. The molecule has 3 rings (SSSR count). The molecule has 1 heterocycles. The lowest BCUT2D eigenvalue weighted by atomic mass is 9.96. The Bertz CT molecular complexity index is 1190. The number of rotatable bonds is 8. The van der Waals surface area contributed by atoms with E-state index in [2.05, 4.69) is 9.71 Å². The van der Waals surface area contributed by atoms with Crippen molar-refractivity contribution in [3.8, 4) is 5.75 Å². The summed E-state index contributed by atoms with van der Waals surface area (Å²) in [5.41, 5.74) is -0.721. The average molecular weight is 438 g/mol. The second kappa shape index (κ2) is 9.23. The minimum absolute atomic E-state index is 0.0000730. The molecule has 1 aromatic heterocycles. The first-order valence-electron chi connectivity index (χ1n) is 8.84. The van der Waals surface area contributed by atoms with Crippen molar-refractivity contribution in [3.05, 3.63) is 70.7 Å². The third kappa shape index (κ3) is 4.60. The molecule has 10 heteroatoms. The van der Waals surface area contributed by atoms with Gasteiger partial charge in [-0.2, -0.15) is 0 Å². The lowest BCUT2D eigenvalue weighted by molar-refractivity contribution is 0.102. The van der Waals surface area contributed by atoms with Gasteiger partial charge >= 0.3 is 0 Å². The Morgan fingerprint density at radius 1 is 1.13 bits per heavy atom. The Hall–Kier alpha value is -2.98. The highest BCUT2D eigenvalue weighted by Gasteiger charge is 2.25. The minimum atomic E-state index is -2.81. The van der Waals surface area contributed by atoms with Crippen LogP contribution < -0.4 is 9.46 Å². The summed E-state index contributed by atoms with van der Waals surface area (Å²) in [6.45, 7) is -0.0000730. The molecular formula is C20H17F3N2O4S. The van der Waals surface area contributed by atoms with Gasteiger partial charge in [0.1, 0.15) is 11.6 Å². The van der Waals surface area contributed by atoms with E-state index in [4.69, 9.17) is 4.74 Å². The molecule has 6 nitrogen and oxygen atoms in total. The summed E-state index contributed by atoms with van der Waals surface area (Å²) in [4.78, 5) is 17.0. The Kier molecular flexibility index (Phi) is 6.68. The van der Waals surface area contributed by atoms with E-state index in [1.165, 1.54) is 31.5 Å². The number of ketones is 1. The van der Waals surface area contributed by atoms with E-state index in [-0.39, 0.29) is 30.5 Å². The third-order valence-corrected chi connectivity index (χ3v) is 4.96. The zero-order valence-corrected chi connectivity index (χ0v) is 16.6. The zero-order valence-electron chi connectivity index (χ0n) is 15.7. The molecule has 0 aliphatic heterocycles. The van der Waals surface area contributed by atoms with Gasteiger partial charge in [-0.25, -0.2) is 26.3 Å². The van der Waals surface area contributed by atoms with Crippen molar-refractivity contribution in [2.45, 2.75) is 12.8 Å². The quantitative estimate of drug-likeness (QED) is 0.245. The van der Waals surface area contributed by atoms with Gasteiger partial charge in [-0.3, -0.25) is 9.78 Å². The number of aryl methyl sites for hydroxylation is 1. The number of fused-ring (bicyclic) bond motifs is 1. The van der Waals surface area contributed by atoms with Gasteiger partial charge in [0.25, 0.3) is 0 Å². The molecule has 0 fully saturated rings. The summed E-state index contributed by atoms with van der Waals surface area (Å²) in [6.07, 6.45) is 1.54. The number of ether oxygens (including phenoxy) is 1. The molecule has 0 amide bonds. The van der Waals surface area contributed by atoms with Crippen LogP contribution in [0.2, 0.25) is 0 Å². The largest absolute Gasteiger partial charge is 0.495 e. The van der Waals surface area contributed by atoms with Crippen LogP contribution in [0.4, 0.5) is 13.2 Å². The van der Waals surface area contributed by atoms with E-state index in [0.29, 0.717) is 22.7 Å². The molecule has 0 unspecified atom stereocenters. The number of nitrogens with one attached hydrogen (secondary N) is 1. The van der Waals surface area contributed by atoms with Gasteiger partial charge < -0.3 is 4.74 Å². The summed E-state index contributed by atoms with van der Waals surface area (Å²) in [5, 5.41) is 0.510. The standard InChI is InChI=1S/C20H17F3N2O4S/c1-29-14-8-13-7-12(4-5-16(13)24-10-14)20(26)17-18(22)11(9-15(21)19(17)23)3-2-6-25-30(27)28/h4-5,7-10,30H,2-3,6H2,1H3,(H,25,27,28). The van der Waals surface area contributed by atoms with Crippen LogP contribution in [0.5, 0.6) is 5.75 Å². The number of carbonyl (C=O) groups is 1. The van der Waals surface area contributed by atoms with E-state index in [1.807, 2.05) is 0 Å². The summed E-state index contributed by atoms with van der Waals surface area (Å²) in [7, 11) is -1.37. The molecular weight excluding hydrogens is 421 g/mol. The van der Waals surface area contributed by atoms with Crippen molar-refractivity contribution in [1.29, 1.82) is 0 Å². The number of benzene rings is 2. The smallest absolute Gasteiger partial charge is 0.201 e. The average Bonchev–Trinajstić information content (AvgIpc) is 2.73. The van der Waals surface area contributed by atoms with Crippen molar-refractivity contribution < 1.29 is 31.1 Å². The van der Waals surface area contributed by atoms with Gasteiger partial charge in [0, 0.05) is 17.5 Å². The molecule has 30 heavy (non-hydrogen) atoms. The summed E-state index contributed by atoms with van der Waals surface area (Å²) >= 11 is 0. The predicted molar refractivity (Wildman–Crippen MR) is 105 cm³/mol. The van der Waals surface area contributed by atoms with Crippen LogP contribution in [0.15, 0.2) is 36.5 Å². The Morgan fingerprint density at radius 2 is 1.90 bits per heavy atom. The zero-order chi connectivity index (χ0) is 21.8. The molecule has 0 atom stereocenters. The van der Waals surface area contributed by atoms with Gasteiger partial charge in [-0.05, 0) is 48.7 Å². The van der Waals surface area contributed by atoms with Crippen molar-refractivity contribution in [2.75, 3.05) is 13.7 Å². The highest BCUT2D eigenvalue weighted by molar-refractivity contribution is 7.70. The number of hydrogen-bond acceptors (Lipinski definition) is 5. The molecule has 2 aromatic carbocycles. The van der Waals surface area contributed by atoms with Gasteiger partial charge in [-0.15, -0.1) is 0 Å². The number of methoxy groups -OCH3 is 1. The first kappa shape index (κ1) is 21.7. The SMILES string of the molecule is COc1cnc2ccc(C(=O)c3c(F)c(F)cc(CCCN[SH](=O)=O)c3F)cc2c1. The number of hydrogen-bond donors (Lipinski definition) is 2. The minimum Gasteiger partial charge on any atom is -0.495 e. The molecule has 0 aliphatic rings. The first-order valence-corrected chi connectivity index (χ1v) is 10.0. The Labute approximate surface area is 171 Å². The monoisotopic (exact) mass is 438 g/mol. The van der Waals surface area contributed by atoms with Crippen LogP contribution in [0, 0.1) is 17.5 Å². The number of carbonyl (C=O) groups excluding carboxylic acids is 1. The van der Waals surface area contributed by atoms with E-state index in [1.54, 1.807) is 6.07 Å². The molecule has 0 radical (unpaired) electrons. The first-order chi connectivity index (χ1) is 14.3. The number of pyridine rings is 1. The normalized spacial score (nSPS) is 11.2. The van der Waals surface area contributed by atoms with Crippen LogP contribution >= 0.6 is 0 Å². The highest BCUT2D eigenvalue weighted by Crippen LogP contribution is 2.26. The summed E-state index contributed by atoms with van der Waals surface area (Å²) in [5.74, 6) is -4.69. The lowest BCUT2D eigenvalue weighted by Crippen LogP contribution is -2.15. The van der Waals surface area contributed by atoms with Gasteiger partial charge in [0.05, 0.1) is 24.4 Å². The van der Waals surface area contributed by atoms with Crippen molar-refractivity contribution in [1.82, 2.24) is 9.71 Å². The van der Waals surface area contributed by atoms with Gasteiger partial charge in [0.2, 0.25) is 10.9 Å². The maximum absolute atomic E-state index is 14.9. The second-order valence-corrected chi connectivity index (χ2v) is 7.23. The van der Waals surface area contributed by atoms with Crippen molar-refractivity contribution in [2.24, 2.45) is 0 Å². The van der Waals surface area contributed by atoms with Crippen LogP contribution in [0.3, 0.4) is 0 Å². The van der Waals surface area contributed by atoms with Crippen LogP contribution in [0.1, 0.15) is 27.9 Å². The summed E-state index contributed by atoms with van der Waals surface area (Å²) in [6, 6.07) is 6.53. The van der Waals surface area contributed by atoms with Gasteiger partial charge in [0.15, 0.2) is 17.4 Å². The van der Waals surface area contributed by atoms with Gasteiger partial charge in [-0.1, -0.05) is 0 Å². The highest BCUT2D eigenvalue weighted by atomic mass is 32.2. The topological polar surface area (TPSA) is 85.4 Å². The van der Waals surface area contributed by atoms with Crippen molar-refractivity contribution in [3.63, 3.8) is 0 Å². The predicted octanol–water partition coefficient (Wildman–Crippen LogP) is 2.94. The Morgan fingerprint density at radius 3 is 2.60 bits per heavy atom. The van der Waals surface area contributed by atoms with E-state index in [0.717, 1.165) is 0 Å². The van der Waals surface area contributed by atoms with E-state index in [9.17, 15) is 26.4 Å². The number of aromatic nitrogens is 1. The fourth-order valence-electron chi connectivity index (χ4n) is 3.00. The van der Waals surface area contributed by atoms with Crippen molar-refractivity contribution >= 4 is 27.6 Å². The molecule has 3 aromatic rings. The third-order valence-electron chi connectivity index (χ3n) is 4.48. The fourth-order valence-corrected chi connectivity index (χ4v) is 3.34. The van der Waals surface area contributed by atoms with Crippen LogP contribution in [-0.4, -0.2) is 32.8 Å². The molecule has 0 saturated heterocycles. The fraction of sp³-hybridized carbons (Fsp3) is 0.200. The summed E-state index contributed by atoms with van der Waals surface area (Å²) < 4.78 is 71.5. The number of thiol groups is 1. The number of halogens is 3. The molecule has 0 saturated carbocycles. The molecule has 0 spiro atoms. The maximum Gasteiger partial charge on any atom is 0.201 e.